The minimum Gasteiger partial charge on any atom is -0.496 e. The third kappa shape index (κ3) is 4.21. The Kier molecular flexibility index (Phi) is 5.82. The highest BCUT2D eigenvalue weighted by Gasteiger charge is 2.21. The Morgan fingerprint density at radius 3 is 2.63 bits per heavy atom. The van der Waals surface area contributed by atoms with Crippen molar-refractivity contribution in [2.24, 2.45) is 11.7 Å². The molecule has 4 nitrogen and oxygen atoms in total. The molecule has 0 heterocycles. The van der Waals surface area contributed by atoms with Crippen LogP contribution in [0.15, 0.2) is 22.7 Å². The van der Waals surface area contributed by atoms with Gasteiger partial charge in [-0.2, -0.15) is 0 Å². The number of carbonyl (C=O) groups is 1. The van der Waals surface area contributed by atoms with Crippen LogP contribution < -0.4 is 10.5 Å². The smallest absolute Gasteiger partial charge is 0.239 e. The number of nitrogens with zero attached hydrogens (tertiary/aromatic N) is 1. The van der Waals surface area contributed by atoms with Crippen LogP contribution in [0.25, 0.3) is 0 Å². The van der Waals surface area contributed by atoms with Crippen molar-refractivity contribution in [3.63, 3.8) is 0 Å². The lowest BCUT2D eigenvalue weighted by Gasteiger charge is -2.24. The van der Waals surface area contributed by atoms with Gasteiger partial charge in [0.15, 0.2) is 0 Å². The van der Waals surface area contributed by atoms with Crippen molar-refractivity contribution in [1.29, 1.82) is 0 Å². The first-order valence-corrected chi connectivity index (χ1v) is 6.99. The highest BCUT2D eigenvalue weighted by molar-refractivity contribution is 9.10. The summed E-state index contributed by atoms with van der Waals surface area (Å²) in [5.74, 6) is 0.831. The zero-order chi connectivity index (χ0) is 14.6. The van der Waals surface area contributed by atoms with E-state index in [9.17, 15) is 4.79 Å². The molecule has 2 N–H and O–H groups in total. The molecule has 1 aromatic carbocycles. The fourth-order valence-electron chi connectivity index (χ4n) is 1.74. The summed E-state index contributed by atoms with van der Waals surface area (Å²) >= 11 is 3.42. The number of hydrogen-bond donors (Lipinski definition) is 1. The minimum absolute atomic E-state index is 0.0583. The van der Waals surface area contributed by atoms with Gasteiger partial charge >= 0.3 is 0 Å². The van der Waals surface area contributed by atoms with Crippen molar-refractivity contribution >= 4 is 21.8 Å². The molecule has 1 rings (SSSR count). The number of hydrogen-bond acceptors (Lipinski definition) is 3. The van der Waals surface area contributed by atoms with E-state index in [4.69, 9.17) is 10.5 Å². The van der Waals surface area contributed by atoms with Crippen LogP contribution in [0.1, 0.15) is 19.4 Å². The van der Waals surface area contributed by atoms with Gasteiger partial charge in [0.25, 0.3) is 0 Å². The van der Waals surface area contributed by atoms with Crippen molar-refractivity contribution < 1.29 is 9.53 Å². The highest BCUT2D eigenvalue weighted by atomic mass is 79.9. The molecule has 19 heavy (non-hydrogen) atoms. The SMILES string of the molecule is COc1ccc(Br)cc1CN(C)C(=O)[C@H](N)C(C)C. The van der Waals surface area contributed by atoms with Gasteiger partial charge < -0.3 is 15.4 Å². The summed E-state index contributed by atoms with van der Waals surface area (Å²) in [6, 6.07) is 5.26. The summed E-state index contributed by atoms with van der Waals surface area (Å²) in [4.78, 5) is 13.8. The Hall–Kier alpha value is -1.07. The number of rotatable bonds is 5. The maximum absolute atomic E-state index is 12.1. The molecule has 0 radical (unpaired) electrons. The first-order chi connectivity index (χ1) is 8.86. The number of benzene rings is 1. The summed E-state index contributed by atoms with van der Waals surface area (Å²) in [5, 5.41) is 0. The van der Waals surface area contributed by atoms with Crippen molar-refractivity contribution in [3.05, 3.63) is 28.2 Å². The molecular weight excluding hydrogens is 308 g/mol. The molecule has 0 saturated carbocycles. The van der Waals surface area contributed by atoms with Gasteiger partial charge in [-0.25, -0.2) is 0 Å². The zero-order valence-corrected chi connectivity index (χ0v) is 13.4. The van der Waals surface area contributed by atoms with E-state index in [2.05, 4.69) is 15.9 Å². The number of ether oxygens (including phenoxy) is 1. The standard InChI is InChI=1S/C14H21BrN2O2/c1-9(2)13(16)14(18)17(3)8-10-7-11(15)5-6-12(10)19-4/h5-7,9,13H,8,16H2,1-4H3/t13-/m1/s1. The van der Waals surface area contributed by atoms with E-state index >= 15 is 0 Å². The van der Waals surface area contributed by atoms with Crippen molar-refractivity contribution in [1.82, 2.24) is 4.90 Å². The predicted molar refractivity (Wildman–Crippen MR) is 80.0 cm³/mol. The molecule has 1 amide bonds. The monoisotopic (exact) mass is 328 g/mol. The lowest BCUT2D eigenvalue weighted by Crippen LogP contribution is -2.44. The number of likely N-dealkylation sites (N-methyl/N-ethyl adjacent to an activating group) is 1. The molecule has 0 bridgehead atoms. The molecule has 1 aromatic rings. The van der Waals surface area contributed by atoms with Gasteiger partial charge in [0.05, 0.1) is 13.2 Å². The summed E-state index contributed by atoms with van der Waals surface area (Å²) in [6.45, 7) is 4.36. The lowest BCUT2D eigenvalue weighted by atomic mass is 10.0. The summed E-state index contributed by atoms with van der Waals surface area (Å²) in [5.41, 5.74) is 6.83. The first-order valence-electron chi connectivity index (χ1n) is 6.19. The van der Waals surface area contributed by atoms with Gasteiger partial charge in [-0.3, -0.25) is 4.79 Å². The second-order valence-corrected chi connectivity index (χ2v) is 5.84. The number of halogens is 1. The largest absolute Gasteiger partial charge is 0.496 e. The Balaban J connectivity index is 2.84. The molecule has 0 fully saturated rings. The van der Waals surface area contributed by atoms with Gasteiger partial charge in [-0.05, 0) is 24.1 Å². The summed E-state index contributed by atoms with van der Waals surface area (Å²) in [7, 11) is 3.37. The molecule has 0 aliphatic carbocycles. The normalized spacial score (nSPS) is 12.4. The van der Waals surface area contributed by atoms with E-state index in [-0.39, 0.29) is 11.8 Å². The van der Waals surface area contributed by atoms with E-state index in [0.717, 1.165) is 15.8 Å². The third-order valence-electron chi connectivity index (χ3n) is 3.03. The third-order valence-corrected chi connectivity index (χ3v) is 3.52. The highest BCUT2D eigenvalue weighted by Crippen LogP contribution is 2.24. The average Bonchev–Trinajstić information content (AvgIpc) is 2.37. The van der Waals surface area contributed by atoms with Crippen molar-refractivity contribution in [2.75, 3.05) is 14.2 Å². The van der Waals surface area contributed by atoms with Crippen LogP contribution in [0.5, 0.6) is 5.75 Å². The fourth-order valence-corrected chi connectivity index (χ4v) is 2.15. The van der Waals surface area contributed by atoms with Crippen molar-refractivity contribution in [3.8, 4) is 5.75 Å². The van der Waals surface area contributed by atoms with Gasteiger partial charge in [-0.15, -0.1) is 0 Å². The van der Waals surface area contributed by atoms with E-state index in [1.807, 2.05) is 32.0 Å². The molecule has 0 spiro atoms. The van der Waals surface area contributed by atoms with Gasteiger partial charge in [0, 0.05) is 23.6 Å². The van der Waals surface area contributed by atoms with E-state index in [1.165, 1.54) is 0 Å². The molecule has 0 unspecified atom stereocenters. The second-order valence-electron chi connectivity index (χ2n) is 4.92. The Bertz CT molecular complexity index is 449. The summed E-state index contributed by atoms with van der Waals surface area (Å²) in [6.07, 6.45) is 0. The Morgan fingerprint density at radius 2 is 2.11 bits per heavy atom. The number of methoxy groups -OCH3 is 1. The molecular formula is C14H21BrN2O2. The van der Waals surface area contributed by atoms with Crippen molar-refractivity contribution in [2.45, 2.75) is 26.4 Å². The van der Waals surface area contributed by atoms with Gasteiger partial charge in [-0.1, -0.05) is 29.8 Å². The molecule has 0 aromatic heterocycles. The van der Waals surface area contributed by atoms with E-state index < -0.39 is 6.04 Å². The zero-order valence-electron chi connectivity index (χ0n) is 11.8. The van der Waals surface area contributed by atoms with Crippen LogP contribution in [-0.4, -0.2) is 31.0 Å². The number of amides is 1. The Morgan fingerprint density at radius 1 is 1.47 bits per heavy atom. The predicted octanol–water partition coefficient (Wildman–Crippen LogP) is 2.40. The molecule has 1 atom stereocenters. The van der Waals surface area contributed by atoms with Crippen LogP contribution >= 0.6 is 15.9 Å². The number of carbonyl (C=O) groups excluding carboxylic acids is 1. The van der Waals surface area contributed by atoms with E-state index in [0.29, 0.717) is 6.54 Å². The second kappa shape index (κ2) is 6.91. The average molecular weight is 329 g/mol. The van der Waals surface area contributed by atoms with Gasteiger partial charge in [0.1, 0.15) is 5.75 Å². The minimum atomic E-state index is -0.469. The summed E-state index contributed by atoms with van der Waals surface area (Å²) < 4.78 is 6.25. The quantitative estimate of drug-likeness (QED) is 0.902. The van der Waals surface area contributed by atoms with E-state index in [1.54, 1.807) is 19.1 Å². The van der Waals surface area contributed by atoms with Crippen LogP contribution in [0.3, 0.4) is 0 Å². The number of nitrogens with two attached hydrogens (primary N) is 1. The Labute approximate surface area is 123 Å². The first kappa shape index (κ1) is 16.0. The van der Waals surface area contributed by atoms with Crippen LogP contribution in [-0.2, 0) is 11.3 Å². The molecule has 5 heteroatoms. The molecule has 106 valence electrons. The maximum atomic E-state index is 12.1. The molecule has 0 aliphatic heterocycles. The molecule has 0 aliphatic rings. The fraction of sp³-hybridized carbons (Fsp3) is 0.500. The van der Waals surface area contributed by atoms with Crippen LogP contribution in [0, 0.1) is 5.92 Å². The van der Waals surface area contributed by atoms with Crippen LogP contribution in [0.4, 0.5) is 0 Å². The lowest BCUT2D eigenvalue weighted by molar-refractivity contribution is -0.132. The maximum Gasteiger partial charge on any atom is 0.239 e. The van der Waals surface area contributed by atoms with Crippen LogP contribution in [0.2, 0.25) is 0 Å². The van der Waals surface area contributed by atoms with Gasteiger partial charge in [0.2, 0.25) is 5.91 Å². The topological polar surface area (TPSA) is 55.6 Å². The molecule has 0 saturated heterocycles.